The third kappa shape index (κ3) is 3.05. The van der Waals surface area contributed by atoms with Crippen molar-refractivity contribution < 1.29 is 14.1 Å². The molecule has 2 aliphatic heterocycles. The first-order valence-electron chi connectivity index (χ1n) is 8.64. The summed E-state index contributed by atoms with van der Waals surface area (Å²) < 4.78 is 11.1. The Labute approximate surface area is 146 Å². The smallest absolute Gasteiger partial charge is 0.258 e. The summed E-state index contributed by atoms with van der Waals surface area (Å²) in [5, 5.41) is 3.84. The van der Waals surface area contributed by atoms with Crippen LogP contribution in [0.2, 0.25) is 0 Å². The minimum absolute atomic E-state index is 0.00359. The molecule has 132 valence electrons. The van der Waals surface area contributed by atoms with Gasteiger partial charge in [-0.3, -0.25) is 9.69 Å². The number of aryl methyl sites for hydroxylation is 1. The maximum Gasteiger partial charge on any atom is 0.258 e. The lowest BCUT2D eigenvalue weighted by Crippen LogP contribution is -2.59. The Balaban J connectivity index is 1.59. The second kappa shape index (κ2) is 6.57. The predicted octanol–water partition coefficient (Wildman–Crippen LogP) is 1.59. The fourth-order valence-electron chi connectivity index (χ4n) is 3.66. The zero-order valence-electron chi connectivity index (χ0n) is 14.5. The quantitative estimate of drug-likeness (QED) is 0.825. The van der Waals surface area contributed by atoms with Gasteiger partial charge in [0, 0.05) is 19.6 Å². The van der Waals surface area contributed by atoms with Crippen LogP contribution in [0.1, 0.15) is 22.6 Å². The molecule has 2 fully saturated rings. The molecule has 7 nitrogen and oxygen atoms in total. The number of likely N-dealkylation sites (tertiary alicyclic amines) is 1. The van der Waals surface area contributed by atoms with Gasteiger partial charge in [0.25, 0.3) is 11.8 Å². The van der Waals surface area contributed by atoms with Crippen LogP contribution in [0.4, 0.5) is 0 Å². The number of rotatable bonds is 2. The van der Waals surface area contributed by atoms with Gasteiger partial charge in [-0.2, -0.15) is 4.98 Å². The monoisotopic (exact) mass is 342 g/mol. The minimum atomic E-state index is 0.00359. The number of fused-ring (bicyclic) bond motifs is 1. The Morgan fingerprint density at radius 1 is 1.28 bits per heavy atom. The molecule has 3 heterocycles. The molecule has 25 heavy (non-hydrogen) atoms. The van der Waals surface area contributed by atoms with Gasteiger partial charge < -0.3 is 14.2 Å². The molecule has 0 radical (unpaired) electrons. The summed E-state index contributed by atoms with van der Waals surface area (Å²) in [7, 11) is 2.10. The summed E-state index contributed by atoms with van der Waals surface area (Å²) in [4.78, 5) is 21.6. The number of benzene rings is 1. The van der Waals surface area contributed by atoms with E-state index in [1.807, 2.05) is 29.2 Å². The first kappa shape index (κ1) is 16.2. The topological polar surface area (TPSA) is 71.7 Å². The summed E-state index contributed by atoms with van der Waals surface area (Å²) in [5.74, 6) is 0.942. The highest BCUT2D eigenvalue weighted by Crippen LogP contribution is 2.27. The number of nitrogens with zero attached hydrogens (tertiary/aromatic N) is 4. The predicted molar refractivity (Wildman–Crippen MR) is 91.1 cm³/mol. The number of ether oxygens (including phenoxy) is 1. The second-order valence-electron chi connectivity index (χ2n) is 6.69. The fourth-order valence-corrected chi connectivity index (χ4v) is 3.66. The average molecular weight is 342 g/mol. The van der Waals surface area contributed by atoms with Gasteiger partial charge in [0.15, 0.2) is 5.82 Å². The van der Waals surface area contributed by atoms with Crippen LogP contribution in [-0.2, 0) is 4.74 Å². The van der Waals surface area contributed by atoms with Crippen molar-refractivity contribution in [3.8, 4) is 11.5 Å². The van der Waals surface area contributed by atoms with Crippen LogP contribution < -0.4 is 0 Å². The SMILES string of the molecule is Cc1noc(-c2ccccc2C(=O)N2CCC3OCCN(C)C3C2)n1. The molecule has 0 spiro atoms. The third-order valence-electron chi connectivity index (χ3n) is 5.06. The average Bonchev–Trinajstić information content (AvgIpc) is 3.07. The third-order valence-corrected chi connectivity index (χ3v) is 5.06. The van der Waals surface area contributed by atoms with Crippen molar-refractivity contribution >= 4 is 5.91 Å². The number of piperidine rings is 1. The molecule has 0 N–H and O–H groups in total. The van der Waals surface area contributed by atoms with Gasteiger partial charge in [0.2, 0.25) is 0 Å². The van der Waals surface area contributed by atoms with Crippen molar-refractivity contribution in [1.29, 1.82) is 0 Å². The summed E-state index contributed by atoms with van der Waals surface area (Å²) in [6.45, 7) is 4.81. The molecular weight excluding hydrogens is 320 g/mol. The van der Waals surface area contributed by atoms with Gasteiger partial charge in [-0.15, -0.1) is 0 Å². The summed E-state index contributed by atoms with van der Waals surface area (Å²) in [5.41, 5.74) is 1.28. The van der Waals surface area contributed by atoms with E-state index < -0.39 is 0 Å². The van der Waals surface area contributed by atoms with Crippen molar-refractivity contribution in [3.05, 3.63) is 35.7 Å². The molecule has 1 aromatic heterocycles. The number of morpholine rings is 1. The Morgan fingerprint density at radius 2 is 2.12 bits per heavy atom. The van der Waals surface area contributed by atoms with E-state index in [1.54, 1.807) is 6.92 Å². The lowest BCUT2D eigenvalue weighted by Gasteiger charge is -2.45. The molecule has 2 aromatic rings. The van der Waals surface area contributed by atoms with Crippen LogP contribution in [-0.4, -0.2) is 71.3 Å². The van der Waals surface area contributed by atoms with E-state index in [9.17, 15) is 4.79 Å². The molecule has 1 amide bonds. The van der Waals surface area contributed by atoms with E-state index in [0.29, 0.717) is 35.9 Å². The molecule has 0 bridgehead atoms. The second-order valence-corrected chi connectivity index (χ2v) is 6.69. The van der Waals surface area contributed by atoms with E-state index in [4.69, 9.17) is 9.26 Å². The van der Waals surface area contributed by atoms with Crippen LogP contribution in [0, 0.1) is 6.92 Å². The van der Waals surface area contributed by atoms with Crippen LogP contribution in [0.15, 0.2) is 28.8 Å². The van der Waals surface area contributed by atoms with E-state index in [0.717, 1.165) is 19.6 Å². The van der Waals surface area contributed by atoms with E-state index >= 15 is 0 Å². The number of carbonyl (C=O) groups excluding carboxylic acids is 1. The van der Waals surface area contributed by atoms with Crippen molar-refractivity contribution in [2.24, 2.45) is 0 Å². The lowest BCUT2D eigenvalue weighted by atomic mass is 9.97. The van der Waals surface area contributed by atoms with Gasteiger partial charge in [-0.05, 0) is 32.5 Å². The number of aromatic nitrogens is 2. The van der Waals surface area contributed by atoms with Crippen molar-refractivity contribution in [2.45, 2.75) is 25.5 Å². The Bertz CT molecular complexity index is 775. The molecule has 2 atom stereocenters. The van der Waals surface area contributed by atoms with E-state index in [-0.39, 0.29) is 18.1 Å². The van der Waals surface area contributed by atoms with Crippen molar-refractivity contribution in [3.63, 3.8) is 0 Å². The highest BCUT2D eigenvalue weighted by molar-refractivity contribution is 6.00. The van der Waals surface area contributed by atoms with Gasteiger partial charge in [0.05, 0.1) is 29.9 Å². The Morgan fingerprint density at radius 3 is 2.92 bits per heavy atom. The largest absolute Gasteiger partial charge is 0.375 e. The van der Waals surface area contributed by atoms with Crippen molar-refractivity contribution in [2.75, 3.05) is 33.3 Å². The maximum atomic E-state index is 13.2. The summed E-state index contributed by atoms with van der Waals surface area (Å²) in [6, 6.07) is 7.67. The highest BCUT2D eigenvalue weighted by atomic mass is 16.5. The summed E-state index contributed by atoms with van der Waals surface area (Å²) in [6.07, 6.45) is 1.08. The van der Waals surface area contributed by atoms with Crippen LogP contribution >= 0.6 is 0 Å². The van der Waals surface area contributed by atoms with Crippen LogP contribution in [0.25, 0.3) is 11.5 Å². The van der Waals surface area contributed by atoms with Crippen molar-refractivity contribution in [1.82, 2.24) is 19.9 Å². The first-order chi connectivity index (χ1) is 12.1. The Kier molecular flexibility index (Phi) is 4.27. The van der Waals surface area contributed by atoms with Crippen LogP contribution in [0.3, 0.4) is 0 Å². The first-order valence-corrected chi connectivity index (χ1v) is 8.64. The fraction of sp³-hybridized carbons (Fsp3) is 0.500. The zero-order chi connectivity index (χ0) is 17.4. The number of carbonyl (C=O) groups is 1. The number of amides is 1. The normalized spacial score (nSPS) is 24.2. The lowest BCUT2D eigenvalue weighted by molar-refractivity contribution is -0.0893. The number of hydrogen-bond acceptors (Lipinski definition) is 6. The van der Waals surface area contributed by atoms with Gasteiger partial charge in [-0.25, -0.2) is 0 Å². The van der Waals surface area contributed by atoms with Gasteiger partial charge >= 0.3 is 0 Å². The van der Waals surface area contributed by atoms with E-state index in [2.05, 4.69) is 22.1 Å². The molecule has 2 unspecified atom stereocenters. The van der Waals surface area contributed by atoms with Gasteiger partial charge in [0.1, 0.15) is 0 Å². The minimum Gasteiger partial charge on any atom is -0.375 e. The zero-order valence-corrected chi connectivity index (χ0v) is 14.5. The molecule has 4 rings (SSSR count). The summed E-state index contributed by atoms with van der Waals surface area (Å²) >= 11 is 0. The molecule has 2 saturated heterocycles. The molecule has 0 saturated carbocycles. The molecule has 1 aromatic carbocycles. The van der Waals surface area contributed by atoms with Crippen LogP contribution in [0.5, 0.6) is 0 Å². The number of hydrogen-bond donors (Lipinski definition) is 0. The molecular formula is C18H22N4O3. The molecule has 2 aliphatic rings. The molecule has 7 heteroatoms. The maximum absolute atomic E-state index is 13.2. The molecule has 0 aliphatic carbocycles. The van der Waals surface area contributed by atoms with Gasteiger partial charge in [-0.1, -0.05) is 17.3 Å². The Hall–Kier alpha value is -2.25. The number of likely N-dealkylation sites (N-methyl/N-ethyl adjacent to an activating group) is 1. The highest BCUT2D eigenvalue weighted by Gasteiger charge is 2.37. The standard InChI is InChI=1S/C18H22N4O3/c1-12-19-17(25-20-12)13-5-3-4-6-14(13)18(23)22-8-7-16-15(11-22)21(2)9-10-24-16/h3-6,15-16H,7-11H2,1-2H3. The van der Waals surface area contributed by atoms with E-state index in [1.165, 1.54) is 0 Å².